The molecule has 32 heavy (non-hydrogen) atoms. The van der Waals surface area contributed by atoms with Crippen LogP contribution in [0, 0.1) is 5.82 Å². The van der Waals surface area contributed by atoms with Gasteiger partial charge in [0, 0.05) is 16.8 Å². The summed E-state index contributed by atoms with van der Waals surface area (Å²) in [4.78, 5) is 18.1. The molecule has 0 spiro atoms. The molecule has 1 aliphatic carbocycles. The lowest BCUT2D eigenvalue weighted by Gasteiger charge is -2.41. The number of nitrogens with zero attached hydrogens (tertiary/aromatic N) is 1. The van der Waals surface area contributed by atoms with Crippen LogP contribution in [0.5, 0.6) is 0 Å². The third kappa shape index (κ3) is 4.67. The summed E-state index contributed by atoms with van der Waals surface area (Å²) in [5.74, 6) is -0.690. The van der Waals surface area contributed by atoms with Crippen LogP contribution in [0.25, 0.3) is 11.1 Å². The number of pyridine rings is 1. The summed E-state index contributed by atoms with van der Waals surface area (Å²) in [6, 6.07) is 6.34. The summed E-state index contributed by atoms with van der Waals surface area (Å²) < 4.78 is 25.9. The lowest BCUT2D eigenvalue weighted by atomic mass is 9.82. The van der Waals surface area contributed by atoms with E-state index in [0.29, 0.717) is 5.56 Å². The van der Waals surface area contributed by atoms with E-state index in [9.17, 15) is 9.18 Å². The van der Waals surface area contributed by atoms with E-state index in [1.165, 1.54) is 19.2 Å². The monoisotopic (exact) mass is 457 g/mol. The molecular formula is C26H36FNO3Si. The van der Waals surface area contributed by atoms with Crippen LogP contribution in [0.4, 0.5) is 4.39 Å². The topological polar surface area (TPSA) is 48.4 Å². The number of carbonyl (C=O) groups excluding carboxylic acids is 1. The van der Waals surface area contributed by atoms with Crippen LogP contribution in [0.1, 0.15) is 86.8 Å². The fourth-order valence-corrected chi connectivity index (χ4v) is 5.40. The maximum Gasteiger partial charge on any atom is 0.340 e. The molecule has 174 valence electrons. The molecule has 4 nitrogen and oxygen atoms in total. The van der Waals surface area contributed by atoms with Crippen LogP contribution >= 0.6 is 0 Å². The first-order valence-electron chi connectivity index (χ1n) is 11.5. The molecule has 1 heterocycles. The van der Waals surface area contributed by atoms with Crippen molar-refractivity contribution in [2.75, 3.05) is 7.11 Å². The van der Waals surface area contributed by atoms with Crippen LogP contribution < -0.4 is 0 Å². The van der Waals surface area contributed by atoms with Crippen molar-refractivity contribution in [1.29, 1.82) is 0 Å². The molecule has 0 N–H and O–H groups in total. The molecule has 0 bridgehead atoms. The van der Waals surface area contributed by atoms with Gasteiger partial charge in [0.2, 0.25) is 0 Å². The summed E-state index contributed by atoms with van der Waals surface area (Å²) in [6.07, 6.45) is 2.54. The molecule has 1 unspecified atom stereocenters. The zero-order valence-electron chi connectivity index (χ0n) is 20.6. The SMILES string of the molecule is COC(=O)c1c(C(C)C)nc2c(c1-c1ccc(F)cc1)C(O[Si](C)(C)C(C)(C)C)CCC2. The Balaban J connectivity index is 2.34. The van der Waals surface area contributed by atoms with Gasteiger partial charge in [-0.15, -0.1) is 0 Å². The second kappa shape index (κ2) is 9.06. The molecule has 1 atom stereocenters. The lowest BCUT2D eigenvalue weighted by Crippen LogP contribution is -2.42. The molecule has 2 aromatic rings. The van der Waals surface area contributed by atoms with Crippen molar-refractivity contribution in [3.05, 3.63) is 52.6 Å². The van der Waals surface area contributed by atoms with Crippen LogP contribution in [-0.4, -0.2) is 26.4 Å². The maximum atomic E-state index is 13.8. The molecule has 1 aromatic carbocycles. The van der Waals surface area contributed by atoms with Gasteiger partial charge in [0.1, 0.15) is 5.82 Å². The summed E-state index contributed by atoms with van der Waals surface area (Å²) >= 11 is 0. The number of hydrogen-bond donors (Lipinski definition) is 0. The van der Waals surface area contributed by atoms with E-state index in [1.54, 1.807) is 12.1 Å². The fraction of sp³-hybridized carbons (Fsp3) is 0.538. The molecule has 6 heteroatoms. The van der Waals surface area contributed by atoms with Crippen molar-refractivity contribution < 1.29 is 18.3 Å². The van der Waals surface area contributed by atoms with Crippen molar-refractivity contribution >= 4 is 14.3 Å². The van der Waals surface area contributed by atoms with Gasteiger partial charge in [-0.3, -0.25) is 4.98 Å². The second-order valence-corrected chi connectivity index (χ2v) is 15.3. The molecule has 0 saturated carbocycles. The van der Waals surface area contributed by atoms with Crippen molar-refractivity contribution in [2.45, 2.75) is 84.0 Å². The third-order valence-corrected chi connectivity index (χ3v) is 11.3. The normalized spacial score (nSPS) is 16.8. The van der Waals surface area contributed by atoms with Crippen molar-refractivity contribution in [1.82, 2.24) is 4.98 Å². The highest BCUT2D eigenvalue weighted by Gasteiger charge is 2.42. The summed E-state index contributed by atoms with van der Waals surface area (Å²) in [7, 11) is -0.693. The van der Waals surface area contributed by atoms with Gasteiger partial charge in [0.15, 0.2) is 8.32 Å². The molecular weight excluding hydrogens is 421 g/mol. The number of rotatable bonds is 5. The maximum absolute atomic E-state index is 13.8. The fourth-order valence-electron chi connectivity index (χ4n) is 4.10. The highest BCUT2D eigenvalue weighted by atomic mass is 28.4. The van der Waals surface area contributed by atoms with E-state index >= 15 is 0 Å². The first-order chi connectivity index (χ1) is 14.9. The predicted octanol–water partition coefficient (Wildman–Crippen LogP) is 7.20. The lowest BCUT2D eigenvalue weighted by molar-refractivity contribution is 0.0598. The first kappa shape index (κ1) is 24.6. The number of ether oxygens (including phenoxy) is 1. The van der Waals surface area contributed by atoms with Gasteiger partial charge in [0.05, 0.1) is 24.5 Å². The van der Waals surface area contributed by atoms with Crippen molar-refractivity contribution in [3.8, 4) is 11.1 Å². The Morgan fingerprint density at radius 2 is 1.81 bits per heavy atom. The van der Waals surface area contributed by atoms with Gasteiger partial charge in [-0.25, -0.2) is 9.18 Å². The molecule has 0 saturated heterocycles. The Hall–Kier alpha value is -2.05. The minimum Gasteiger partial charge on any atom is -0.465 e. The Morgan fingerprint density at radius 3 is 2.34 bits per heavy atom. The Morgan fingerprint density at radius 1 is 1.19 bits per heavy atom. The number of benzene rings is 1. The average Bonchev–Trinajstić information content (AvgIpc) is 2.71. The molecule has 0 fully saturated rings. The number of esters is 1. The van der Waals surface area contributed by atoms with Crippen molar-refractivity contribution in [3.63, 3.8) is 0 Å². The minimum atomic E-state index is -2.09. The van der Waals surface area contributed by atoms with E-state index in [2.05, 4.69) is 33.9 Å². The van der Waals surface area contributed by atoms with E-state index in [-0.39, 0.29) is 22.9 Å². The zero-order valence-corrected chi connectivity index (χ0v) is 21.6. The number of carbonyl (C=O) groups is 1. The van der Waals surface area contributed by atoms with Gasteiger partial charge in [0.25, 0.3) is 0 Å². The third-order valence-electron chi connectivity index (χ3n) is 6.86. The standard InChI is InChI=1S/C26H36FNO3Si/c1-16(2)24-23(25(29)30-6)21(17-12-14-18(27)15-13-17)22-19(28-24)10-9-11-20(22)31-32(7,8)26(3,4)5/h12-16,20H,9-11H2,1-8H3. The highest BCUT2D eigenvalue weighted by Crippen LogP contribution is 2.47. The van der Waals surface area contributed by atoms with E-state index in [1.807, 2.05) is 13.8 Å². The number of halogens is 1. The summed E-state index contributed by atoms with van der Waals surface area (Å²) in [5.41, 5.74) is 4.72. The predicted molar refractivity (Wildman–Crippen MR) is 129 cm³/mol. The van der Waals surface area contributed by atoms with E-state index < -0.39 is 14.3 Å². The molecule has 1 aliphatic rings. The van der Waals surface area contributed by atoms with Crippen LogP contribution in [0.3, 0.4) is 0 Å². The average molecular weight is 458 g/mol. The quantitative estimate of drug-likeness (QED) is 0.352. The number of hydrogen-bond acceptors (Lipinski definition) is 4. The number of aromatic nitrogens is 1. The van der Waals surface area contributed by atoms with Gasteiger partial charge in [-0.2, -0.15) is 0 Å². The number of methoxy groups -OCH3 is 1. The largest absolute Gasteiger partial charge is 0.465 e. The molecule has 3 rings (SSSR count). The number of aryl methyl sites for hydroxylation is 1. The van der Waals surface area contributed by atoms with Gasteiger partial charge < -0.3 is 9.16 Å². The highest BCUT2D eigenvalue weighted by molar-refractivity contribution is 6.74. The molecule has 1 aromatic heterocycles. The smallest absolute Gasteiger partial charge is 0.340 e. The summed E-state index contributed by atoms with van der Waals surface area (Å²) in [6.45, 7) is 15.2. The first-order valence-corrected chi connectivity index (χ1v) is 14.4. The van der Waals surface area contributed by atoms with Gasteiger partial charge in [-0.05, 0) is 61.0 Å². The second-order valence-electron chi connectivity index (χ2n) is 10.5. The minimum absolute atomic E-state index is 0.0373. The molecule has 0 amide bonds. The summed E-state index contributed by atoms with van der Waals surface area (Å²) in [5, 5.41) is 0.0527. The van der Waals surface area contributed by atoms with Gasteiger partial charge in [-0.1, -0.05) is 46.8 Å². The number of fused-ring (bicyclic) bond motifs is 1. The van der Waals surface area contributed by atoms with E-state index in [0.717, 1.165) is 47.3 Å². The Labute approximate surface area is 192 Å². The molecule has 0 radical (unpaired) electrons. The Kier molecular flexibility index (Phi) is 6.96. The van der Waals surface area contributed by atoms with Crippen LogP contribution in [0.2, 0.25) is 18.1 Å². The van der Waals surface area contributed by atoms with E-state index in [4.69, 9.17) is 14.1 Å². The van der Waals surface area contributed by atoms with Crippen LogP contribution in [0.15, 0.2) is 24.3 Å². The Bertz CT molecular complexity index is 994. The zero-order chi connectivity index (χ0) is 23.8. The van der Waals surface area contributed by atoms with Crippen LogP contribution in [-0.2, 0) is 15.6 Å². The van der Waals surface area contributed by atoms with Gasteiger partial charge >= 0.3 is 5.97 Å². The molecule has 0 aliphatic heterocycles. The van der Waals surface area contributed by atoms with Crippen molar-refractivity contribution in [2.24, 2.45) is 0 Å².